The molecule has 0 aliphatic rings. The summed E-state index contributed by atoms with van der Waals surface area (Å²) in [6.45, 7) is 1.28. The SMILES string of the molecule is COCCNCC(=O)NCc1cn(CC(=O)O)nn1. The molecular weight excluding hydrogens is 254 g/mol. The molecule has 0 saturated carbocycles. The van der Waals surface area contributed by atoms with Crippen LogP contribution in [0.25, 0.3) is 0 Å². The van der Waals surface area contributed by atoms with Gasteiger partial charge in [0.25, 0.3) is 0 Å². The molecule has 1 rings (SSSR count). The zero-order chi connectivity index (χ0) is 14.1. The van der Waals surface area contributed by atoms with Crippen molar-refractivity contribution in [1.82, 2.24) is 25.6 Å². The lowest BCUT2D eigenvalue weighted by molar-refractivity contribution is -0.138. The van der Waals surface area contributed by atoms with E-state index in [1.165, 1.54) is 10.9 Å². The predicted octanol–water partition coefficient (Wildman–Crippen LogP) is -1.79. The van der Waals surface area contributed by atoms with Crippen molar-refractivity contribution in [3.05, 3.63) is 11.9 Å². The minimum absolute atomic E-state index is 0.177. The number of carboxylic acid groups (broad SMARTS) is 1. The van der Waals surface area contributed by atoms with Gasteiger partial charge in [-0.05, 0) is 0 Å². The Hall–Kier alpha value is -2.00. The molecule has 106 valence electrons. The highest BCUT2D eigenvalue weighted by Crippen LogP contribution is 1.92. The van der Waals surface area contributed by atoms with E-state index in [1.807, 2.05) is 0 Å². The molecule has 1 amide bonds. The molecule has 0 aliphatic heterocycles. The van der Waals surface area contributed by atoms with Crippen molar-refractivity contribution >= 4 is 11.9 Å². The van der Waals surface area contributed by atoms with Gasteiger partial charge in [0.1, 0.15) is 12.2 Å². The van der Waals surface area contributed by atoms with Gasteiger partial charge in [0.05, 0.1) is 25.9 Å². The largest absolute Gasteiger partial charge is 0.480 e. The van der Waals surface area contributed by atoms with Crippen molar-refractivity contribution in [2.75, 3.05) is 26.8 Å². The van der Waals surface area contributed by atoms with E-state index in [4.69, 9.17) is 9.84 Å². The average Bonchev–Trinajstić information content (AvgIpc) is 2.79. The summed E-state index contributed by atoms with van der Waals surface area (Å²) in [5.74, 6) is -1.17. The molecule has 0 fully saturated rings. The molecule has 3 N–H and O–H groups in total. The summed E-state index contributed by atoms with van der Waals surface area (Å²) in [6.07, 6.45) is 1.48. The number of amides is 1. The first kappa shape index (κ1) is 15.1. The van der Waals surface area contributed by atoms with Gasteiger partial charge in [-0.1, -0.05) is 5.21 Å². The number of ether oxygens (including phenoxy) is 1. The highest BCUT2D eigenvalue weighted by Gasteiger charge is 2.06. The Balaban J connectivity index is 2.22. The van der Waals surface area contributed by atoms with Crippen LogP contribution in [0.4, 0.5) is 0 Å². The second-order valence-corrected chi connectivity index (χ2v) is 3.75. The van der Waals surface area contributed by atoms with Gasteiger partial charge < -0.3 is 20.5 Å². The Morgan fingerprint density at radius 3 is 3.00 bits per heavy atom. The minimum atomic E-state index is -0.997. The third-order valence-corrected chi connectivity index (χ3v) is 2.12. The van der Waals surface area contributed by atoms with Gasteiger partial charge >= 0.3 is 5.97 Å². The number of nitrogens with zero attached hydrogens (tertiary/aromatic N) is 3. The monoisotopic (exact) mass is 271 g/mol. The van der Waals surface area contributed by atoms with Crippen LogP contribution < -0.4 is 10.6 Å². The highest BCUT2D eigenvalue weighted by molar-refractivity contribution is 5.77. The lowest BCUT2D eigenvalue weighted by atomic mass is 10.4. The first-order chi connectivity index (χ1) is 9.11. The van der Waals surface area contributed by atoms with Crippen molar-refractivity contribution in [1.29, 1.82) is 0 Å². The zero-order valence-electron chi connectivity index (χ0n) is 10.6. The molecule has 0 aliphatic carbocycles. The van der Waals surface area contributed by atoms with Crippen LogP contribution in [0.15, 0.2) is 6.20 Å². The Morgan fingerprint density at radius 2 is 2.32 bits per heavy atom. The van der Waals surface area contributed by atoms with E-state index >= 15 is 0 Å². The quantitative estimate of drug-likeness (QED) is 0.454. The van der Waals surface area contributed by atoms with Crippen molar-refractivity contribution in [2.45, 2.75) is 13.1 Å². The third kappa shape index (κ3) is 6.48. The molecule has 9 nitrogen and oxygen atoms in total. The number of hydrogen-bond donors (Lipinski definition) is 3. The number of aliphatic carboxylic acids is 1. The number of hydrogen-bond acceptors (Lipinski definition) is 6. The molecule has 0 saturated heterocycles. The molecule has 9 heteroatoms. The van der Waals surface area contributed by atoms with E-state index in [0.29, 0.717) is 18.8 Å². The number of carboxylic acids is 1. The summed E-state index contributed by atoms with van der Waals surface area (Å²) in [7, 11) is 1.59. The van der Waals surface area contributed by atoms with Crippen LogP contribution in [-0.2, 0) is 27.4 Å². The maximum atomic E-state index is 11.4. The van der Waals surface area contributed by atoms with Crippen molar-refractivity contribution in [3.63, 3.8) is 0 Å². The number of rotatable bonds is 9. The van der Waals surface area contributed by atoms with Gasteiger partial charge in [0.2, 0.25) is 5.91 Å². The molecule has 1 heterocycles. The molecular formula is C10H17N5O4. The van der Waals surface area contributed by atoms with E-state index in [9.17, 15) is 9.59 Å². The summed E-state index contributed by atoms with van der Waals surface area (Å²) in [4.78, 5) is 21.8. The lowest BCUT2D eigenvalue weighted by Crippen LogP contribution is -2.34. The van der Waals surface area contributed by atoms with Crippen LogP contribution in [-0.4, -0.2) is 58.8 Å². The van der Waals surface area contributed by atoms with Crippen LogP contribution in [0.1, 0.15) is 5.69 Å². The molecule has 0 spiro atoms. The summed E-state index contributed by atoms with van der Waals surface area (Å²) in [6, 6.07) is 0. The van der Waals surface area contributed by atoms with Crippen LogP contribution in [0.2, 0.25) is 0 Å². The molecule has 0 unspecified atom stereocenters. The van der Waals surface area contributed by atoms with E-state index in [2.05, 4.69) is 20.9 Å². The fourth-order valence-electron chi connectivity index (χ4n) is 1.26. The first-order valence-corrected chi connectivity index (χ1v) is 5.69. The molecule has 0 radical (unpaired) electrons. The van der Waals surface area contributed by atoms with Crippen LogP contribution >= 0.6 is 0 Å². The van der Waals surface area contributed by atoms with Gasteiger partial charge in [0.15, 0.2) is 0 Å². The molecule has 0 atom stereocenters. The fourth-order valence-corrected chi connectivity index (χ4v) is 1.26. The fraction of sp³-hybridized carbons (Fsp3) is 0.600. The first-order valence-electron chi connectivity index (χ1n) is 5.69. The lowest BCUT2D eigenvalue weighted by Gasteiger charge is -2.04. The molecule has 0 aromatic carbocycles. The average molecular weight is 271 g/mol. The smallest absolute Gasteiger partial charge is 0.325 e. The molecule has 1 aromatic heterocycles. The highest BCUT2D eigenvalue weighted by atomic mass is 16.5. The van der Waals surface area contributed by atoms with E-state index in [1.54, 1.807) is 7.11 Å². The second kappa shape index (κ2) is 8.16. The molecule has 1 aromatic rings. The Labute approximate surface area is 109 Å². The molecule has 0 bridgehead atoms. The van der Waals surface area contributed by atoms with Gasteiger partial charge in [-0.25, -0.2) is 4.68 Å². The number of methoxy groups -OCH3 is 1. The van der Waals surface area contributed by atoms with E-state index < -0.39 is 5.97 Å². The van der Waals surface area contributed by atoms with Crippen molar-refractivity contribution in [2.24, 2.45) is 0 Å². The van der Waals surface area contributed by atoms with Gasteiger partial charge in [0, 0.05) is 13.7 Å². The zero-order valence-corrected chi connectivity index (χ0v) is 10.6. The Kier molecular flexibility index (Phi) is 6.47. The second-order valence-electron chi connectivity index (χ2n) is 3.75. The van der Waals surface area contributed by atoms with E-state index in [0.717, 1.165) is 0 Å². The number of carbonyl (C=O) groups is 2. The number of nitrogens with one attached hydrogen (secondary N) is 2. The number of carbonyl (C=O) groups excluding carboxylic acids is 1. The Morgan fingerprint density at radius 1 is 1.53 bits per heavy atom. The predicted molar refractivity (Wildman–Crippen MR) is 64.3 cm³/mol. The maximum Gasteiger partial charge on any atom is 0.325 e. The summed E-state index contributed by atoms with van der Waals surface area (Å²) in [5.41, 5.74) is 0.506. The van der Waals surface area contributed by atoms with Gasteiger partial charge in [-0.3, -0.25) is 9.59 Å². The van der Waals surface area contributed by atoms with Crippen molar-refractivity contribution in [3.8, 4) is 0 Å². The maximum absolute atomic E-state index is 11.4. The Bertz CT molecular complexity index is 420. The third-order valence-electron chi connectivity index (χ3n) is 2.12. The summed E-state index contributed by atoms with van der Waals surface area (Å²) < 4.78 is 6.02. The summed E-state index contributed by atoms with van der Waals surface area (Å²) >= 11 is 0. The standard InChI is InChI=1S/C10H17N5O4/c1-19-3-2-11-5-9(16)12-4-8-6-15(14-13-8)7-10(17)18/h6,11H,2-5,7H2,1H3,(H,12,16)(H,17,18). The topological polar surface area (TPSA) is 118 Å². The van der Waals surface area contributed by atoms with E-state index in [-0.39, 0.29) is 25.5 Å². The van der Waals surface area contributed by atoms with Crippen LogP contribution in [0, 0.1) is 0 Å². The summed E-state index contributed by atoms with van der Waals surface area (Å²) in [5, 5.41) is 21.5. The van der Waals surface area contributed by atoms with Crippen LogP contribution in [0.5, 0.6) is 0 Å². The van der Waals surface area contributed by atoms with Gasteiger partial charge in [-0.15, -0.1) is 5.10 Å². The van der Waals surface area contributed by atoms with Gasteiger partial charge in [-0.2, -0.15) is 0 Å². The normalized spacial score (nSPS) is 10.4. The van der Waals surface area contributed by atoms with Crippen molar-refractivity contribution < 1.29 is 19.4 Å². The minimum Gasteiger partial charge on any atom is -0.480 e. The molecule has 19 heavy (non-hydrogen) atoms. The number of aromatic nitrogens is 3. The van der Waals surface area contributed by atoms with Crippen LogP contribution in [0.3, 0.4) is 0 Å².